The van der Waals surface area contributed by atoms with E-state index in [0.29, 0.717) is 5.69 Å². The number of nitrogens with one attached hydrogen (secondary N) is 1. The van der Waals surface area contributed by atoms with Crippen LogP contribution in [0.3, 0.4) is 0 Å². The van der Waals surface area contributed by atoms with Crippen LogP contribution in [0.25, 0.3) is 0 Å². The first-order chi connectivity index (χ1) is 9.45. The molecule has 20 heavy (non-hydrogen) atoms. The molecule has 2 atom stereocenters. The molecule has 0 spiro atoms. The molecule has 1 heterocycles. The maximum Gasteiger partial charge on any atom is 0.321 e. The number of nitrogens with zero attached hydrogens (tertiary/aromatic N) is 1. The molecule has 6 nitrogen and oxygen atoms in total. The predicted octanol–water partition coefficient (Wildman–Crippen LogP) is 0.284. The summed E-state index contributed by atoms with van der Waals surface area (Å²) in [6.07, 6.45) is -0.652. The molecule has 3 N–H and O–H groups in total. The number of halogens is 1. The Kier molecular flexibility index (Phi) is 4.31. The zero-order valence-corrected chi connectivity index (χ0v) is 10.6. The van der Waals surface area contributed by atoms with Crippen molar-refractivity contribution >= 4 is 17.6 Å². The van der Waals surface area contributed by atoms with Gasteiger partial charge in [-0.2, -0.15) is 0 Å². The fraction of sp³-hybridized carbons (Fsp3) is 0.385. The minimum absolute atomic E-state index is 0.0998. The number of carbonyl (C=O) groups is 2. The van der Waals surface area contributed by atoms with E-state index in [1.807, 2.05) is 0 Å². The van der Waals surface area contributed by atoms with Gasteiger partial charge >= 0.3 is 5.97 Å². The van der Waals surface area contributed by atoms with E-state index in [0.717, 1.165) is 0 Å². The number of β-amino-alcohol motifs (C(OH)–C–C–N with tert-alkyl or cyclic N) is 1. The summed E-state index contributed by atoms with van der Waals surface area (Å²) in [6, 6.07) is 4.56. The molecule has 1 aromatic carbocycles. The van der Waals surface area contributed by atoms with Gasteiger partial charge in [0.2, 0.25) is 5.91 Å². The molecule has 0 radical (unpaired) electrons. The van der Waals surface area contributed by atoms with E-state index in [1.165, 1.54) is 29.2 Å². The van der Waals surface area contributed by atoms with Gasteiger partial charge in [-0.3, -0.25) is 14.5 Å². The smallest absolute Gasteiger partial charge is 0.321 e. The maximum absolute atomic E-state index is 13.0. The summed E-state index contributed by atoms with van der Waals surface area (Å²) in [7, 11) is 0. The fourth-order valence-electron chi connectivity index (χ4n) is 2.26. The third-order valence-electron chi connectivity index (χ3n) is 3.12. The second-order valence-corrected chi connectivity index (χ2v) is 4.73. The number of carboxylic acids is 1. The van der Waals surface area contributed by atoms with Gasteiger partial charge in [0.25, 0.3) is 0 Å². The Bertz CT molecular complexity index is 523. The highest BCUT2D eigenvalue weighted by Crippen LogP contribution is 2.18. The Balaban J connectivity index is 1.95. The van der Waals surface area contributed by atoms with Crippen molar-refractivity contribution in [1.29, 1.82) is 0 Å². The van der Waals surface area contributed by atoms with Crippen molar-refractivity contribution in [3.05, 3.63) is 30.1 Å². The zero-order chi connectivity index (χ0) is 14.7. The Morgan fingerprint density at radius 3 is 2.85 bits per heavy atom. The fourth-order valence-corrected chi connectivity index (χ4v) is 2.26. The van der Waals surface area contributed by atoms with Crippen LogP contribution in [0.15, 0.2) is 24.3 Å². The average molecular weight is 282 g/mol. The van der Waals surface area contributed by atoms with Crippen LogP contribution in [0.2, 0.25) is 0 Å². The van der Waals surface area contributed by atoms with Crippen LogP contribution < -0.4 is 5.32 Å². The van der Waals surface area contributed by atoms with Gasteiger partial charge in [-0.15, -0.1) is 0 Å². The standard InChI is InChI=1S/C13H15FN2O4/c14-8-2-1-3-9(4-8)15-12(18)7-16-6-10(17)5-11(16)13(19)20/h1-4,10-11,17H,5-7H2,(H,15,18)(H,19,20). The number of aliphatic carboxylic acids is 1. The first-order valence-corrected chi connectivity index (χ1v) is 6.16. The highest BCUT2D eigenvalue weighted by molar-refractivity contribution is 5.92. The van der Waals surface area contributed by atoms with Crippen LogP contribution >= 0.6 is 0 Å². The minimum atomic E-state index is -1.07. The molecule has 2 unspecified atom stereocenters. The molecular formula is C13H15FN2O4. The molecular weight excluding hydrogens is 267 g/mol. The van der Waals surface area contributed by atoms with Crippen molar-refractivity contribution in [3.63, 3.8) is 0 Å². The van der Waals surface area contributed by atoms with E-state index >= 15 is 0 Å². The lowest BCUT2D eigenvalue weighted by Gasteiger charge is -2.19. The van der Waals surface area contributed by atoms with E-state index in [9.17, 15) is 19.1 Å². The molecule has 0 bridgehead atoms. The van der Waals surface area contributed by atoms with Crippen LogP contribution in [-0.4, -0.2) is 52.2 Å². The molecule has 1 aromatic rings. The van der Waals surface area contributed by atoms with Crippen molar-refractivity contribution in [2.24, 2.45) is 0 Å². The van der Waals surface area contributed by atoms with E-state index in [-0.39, 0.29) is 19.5 Å². The Labute approximate surface area is 114 Å². The molecule has 7 heteroatoms. The van der Waals surface area contributed by atoms with Gasteiger partial charge in [0.05, 0.1) is 12.6 Å². The number of carboxylic acid groups (broad SMARTS) is 1. The SMILES string of the molecule is O=C(CN1CC(O)CC1C(=O)O)Nc1cccc(F)c1. The quantitative estimate of drug-likeness (QED) is 0.738. The van der Waals surface area contributed by atoms with E-state index < -0.39 is 29.8 Å². The molecule has 1 aliphatic rings. The summed E-state index contributed by atoms with van der Waals surface area (Å²) in [4.78, 5) is 24.2. The number of benzene rings is 1. The summed E-state index contributed by atoms with van der Waals surface area (Å²) in [5.41, 5.74) is 0.307. The van der Waals surface area contributed by atoms with Gasteiger partial charge in [0.15, 0.2) is 0 Å². The maximum atomic E-state index is 13.0. The summed E-state index contributed by atoms with van der Waals surface area (Å²) in [6.45, 7) is -0.0297. The van der Waals surface area contributed by atoms with Crippen molar-refractivity contribution in [2.45, 2.75) is 18.6 Å². The highest BCUT2D eigenvalue weighted by Gasteiger charge is 2.36. The monoisotopic (exact) mass is 282 g/mol. The highest BCUT2D eigenvalue weighted by atomic mass is 19.1. The van der Waals surface area contributed by atoms with E-state index in [1.54, 1.807) is 0 Å². The molecule has 1 fully saturated rings. The van der Waals surface area contributed by atoms with Gasteiger partial charge in [-0.05, 0) is 18.2 Å². The molecule has 1 amide bonds. The predicted molar refractivity (Wildman–Crippen MR) is 68.7 cm³/mol. The first kappa shape index (κ1) is 14.4. The average Bonchev–Trinajstić information content (AvgIpc) is 2.70. The Hall–Kier alpha value is -1.99. The Morgan fingerprint density at radius 1 is 1.45 bits per heavy atom. The van der Waals surface area contributed by atoms with Gasteiger partial charge in [-0.1, -0.05) is 6.07 Å². The largest absolute Gasteiger partial charge is 0.480 e. The number of hydrogen-bond acceptors (Lipinski definition) is 4. The molecule has 1 saturated heterocycles. The summed E-state index contributed by atoms with van der Waals surface area (Å²) >= 11 is 0. The first-order valence-electron chi connectivity index (χ1n) is 6.16. The minimum Gasteiger partial charge on any atom is -0.480 e. The lowest BCUT2D eigenvalue weighted by atomic mass is 10.2. The summed E-state index contributed by atoms with van der Waals surface area (Å²) in [5.74, 6) is -1.99. The van der Waals surface area contributed by atoms with Gasteiger partial charge in [0, 0.05) is 18.7 Å². The lowest BCUT2D eigenvalue weighted by Crippen LogP contribution is -2.41. The zero-order valence-electron chi connectivity index (χ0n) is 10.6. The van der Waals surface area contributed by atoms with Crippen molar-refractivity contribution in [3.8, 4) is 0 Å². The topological polar surface area (TPSA) is 89.9 Å². The molecule has 2 rings (SSSR count). The van der Waals surface area contributed by atoms with Crippen LogP contribution in [0.4, 0.5) is 10.1 Å². The third kappa shape index (κ3) is 3.52. The normalized spacial score (nSPS) is 22.7. The van der Waals surface area contributed by atoms with Crippen molar-refractivity contribution in [2.75, 3.05) is 18.4 Å². The number of carbonyl (C=O) groups excluding carboxylic acids is 1. The number of hydrogen-bond donors (Lipinski definition) is 3. The number of aliphatic hydroxyl groups excluding tert-OH is 1. The van der Waals surface area contributed by atoms with Crippen molar-refractivity contribution in [1.82, 2.24) is 4.90 Å². The number of amides is 1. The van der Waals surface area contributed by atoms with Crippen LogP contribution in [0.1, 0.15) is 6.42 Å². The second kappa shape index (κ2) is 5.98. The second-order valence-electron chi connectivity index (χ2n) is 4.73. The third-order valence-corrected chi connectivity index (χ3v) is 3.12. The van der Waals surface area contributed by atoms with Gasteiger partial charge in [0.1, 0.15) is 11.9 Å². The lowest BCUT2D eigenvalue weighted by molar-refractivity contribution is -0.142. The Morgan fingerprint density at radius 2 is 2.20 bits per heavy atom. The van der Waals surface area contributed by atoms with Crippen molar-refractivity contribution < 1.29 is 24.2 Å². The number of likely N-dealkylation sites (tertiary alicyclic amines) is 1. The van der Waals surface area contributed by atoms with Crippen LogP contribution in [0.5, 0.6) is 0 Å². The molecule has 0 aromatic heterocycles. The van der Waals surface area contributed by atoms with E-state index in [4.69, 9.17) is 5.11 Å². The van der Waals surface area contributed by atoms with E-state index in [2.05, 4.69) is 5.32 Å². The molecule has 0 aliphatic carbocycles. The number of anilines is 1. The van der Waals surface area contributed by atoms with Crippen LogP contribution in [-0.2, 0) is 9.59 Å². The molecule has 108 valence electrons. The van der Waals surface area contributed by atoms with Gasteiger partial charge < -0.3 is 15.5 Å². The number of aliphatic hydroxyl groups is 1. The summed E-state index contributed by atoms with van der Waals surface area (Å²) < 4.78 is 13.0. The summed E-state index contributed by atoms with van der Waals surface area (Å²) in [5, 5.41) is 21.0. The molecule has 0 saturated carbocycles. The number of rotatable bonds is 4. The molecule has 1 aliphatic heterocycles. The van der Waals surface area contributed by atoms with Crippen LogP contribution in [0, 0.1) is 5.82 Å². The van der Waals surface area contributed by atoms with Gasteiger partial charge in [-0.25, -0.2) is 4.39 Å².